The number of tetrazole rings is 1. The maximum Gasteiger partial charge on any atom is 0.303 e. The maximum absolute atomic E-state index is 11.7. The molecule has 2 rings (SSSR count). The molecule has 0 radical (unpaired) electrons. The molecule has 1 heterocycles. The van der Waals surface area contributed by atoms with E-state index in [4.69, 9.17) is 5.11 Å². The zero-order valence-corrected chi connectivity index (χ0v) is 11.5. The van der Waals surface area contributed by atoms with Gasteiger partial charge in [0.1, 0.15) is 6.33 Å². The van der Waals surface area contributed by atoms with Crippen molar-refractivity contribution < 1.29 is 14.7 Å². The number of rotatable bonds is 6. The lowest BCUT2D eigenvalue weighted by Gasteiger charge is -2.09. The van der Waals surface area contributed by atoms with Crippen molar-refractivity contribution in [2.45, 2.75) is 26.2 Å². The third kappa shape index (κ3) is 4.10. The molecule has 0 spiro atoms. The SMILES string of the molecule is Cc1cc(NC(=O)CCCC(=O)O)ccc1-n1cnnn1. The van der Waals surface area contributed by atoms with E-state index in [0.717, 1.165) is 11.3 Å². The lowest BCUT2D eigenvalue weighted by molar-refractivity contribution is -0.137. The van der Waals surface area contributed by atoms with Crippen molar-refractivity contribution in [3.8, 4) is 5.69 Å². The number of carboxylic acids is 1. The summed E-state index contributed by atoms with van der Waals surface area (Å²) in [7, 11) is 0. The van der Waals surface area contributed by atoms with Crippen LogP contribution in [0.1, 0.15) is 24.8 Å². The van der Waals surface area contributed by atoms with Gasteiger partial charge in [-0.3, -0.25) is 9.59 Å². The third-order valence-corrected chi connectivity index (χ3v) is 2.87. The first-order chi connectivity index (χ1) is 10.1. The molecule has 2 aromatic rings. The Hall–Kier alpha value is -2.77. The van der Waals surface area contributed by atoms with E-state index in [1.165, 1.54) is 11.0 Å². The topological polar surface area (TPSA) is 110 Å². The second-order valence-electron chi connectivity index (χ2n) is 4.55. The van der Waals surface area contributed by atoms with Crippen LogP contribution in [0.15, 0.2) is 24.5 Å². The van der Waals surface area contributed by atoms with Crippen LogP contribution < -0.4 is 5.32 Å². The number of hydrogen-bond acceptors (Lipinski definition) is 5. The first kappa shape index (κ1) is 14.6. The highest BCUT2D eigenvalue weighted by atomic mass is 16.4. The molecule has 0 aliphatic heterocycles. The Morgan fingerprint density at radius 1 is 1.33 bits per heavy atom. The van der Waals surface area contributed by atoms with Gasteiger partial charge in [0.05, 0.1) is 5.69 Å². The number of nitrogens with zero attached hydrogens (tertiary/aromatic N) is 4. The number of anilines is 1. The molecule has 0 saturated carbocycles. The van der Waals surface area contributed by atoms with Crippen LogP contribution in [0.25, 0.3) is 5.69 Å². The normalized spacial score (nSPS) is 10.3. The highest BCUT2D eigenvalue weighted by Crippen LogP contribution is 2.18. The van der Waals surface area contributed by atoms with Crippen LogP contribution in [-0.2, 0) is 9.59 Å². The molecule has 1 aromatic carbocycles. The Kier molecular flexibility index (Phi) is 4.60. The van der Waals surface area contributed by atoms with E-state index in [1.54, 1.807) is 12.1 Å². The van der Waals surface area contributed by atoms with Crippen LogP contribution in [-0.4, -0.2) is 37.2 Å². The molecule has 8 nitrogen and oxygen atoms in total. The molecular weight excluding hydrogens is 274 g/mol. The highest BCUT2D eigenvalue weighted by molar-refractivity contribution is 5.91. The first-order valence-corrected chi connectivity index (χ1v) is 6.42. The number of carbonyl (C=O) groups is 2. The van der Waals surface area contributed by atoms with Gasteiger partial charge >= 0.3 is 5.97 Å². The second-order valence-corrected chi connectivity index (χ2v) is 4.55. The standard InChI is InChI=1S/C13H15N5O3/c1-9-7-10(15-12(19)3-2-4-13(20)21)5-6-11(9)18-8-14-16-17-18/h5-8H,2-4H2,1H3,(H,15,19)(H,20,21). The number of benzene rings is 1. The zero-order valence-electron chi connectivity index (χ0n) is 11.5. The summed E-state index contributed by atoms with van der Waals surface area (Å²) >= 11 is 0. The molecule has 0 bridgehead atoms. The van der Waals surface area contributed by atoms with Crippen LogP contribution in [0.3, 0.4) is 0 Å². The van der Waals surface area contributed by atoms with Gasteiger partial charge in [-0.15, -0.1) is 5.10 Å². The van der Waals surface area contributed by atoms with Crippen molar-refractivity contribution in [1.82, 2.24) is 20.2 Å². The summed E-state index contributed by atoms with van der Waals surface area (Å²) in [6.45, 7) is 1.89. The van der Waals surface area contributed by atoms with Crippen LogP contribution in [0.4, 0.5) is 5.69 Å². The van der Waals surface area contributed by atoms with Gasteiger partial charge in [0.25, 0.3) is 0 Å². The number of aliphatic carboxylic acids is 1. The van der Waals surface area contributed by atoms with Crippen LogP contribution in [0.2, 0.25) is 0 Å². The van der Waals surface area contributed by atoms with E-state index in [-0.39, 0.29) is 18.7 Å². The van der Waals surface area contributed by atoms with Gasteiger partial charge in [-0.25, -0.2) is 4.68 Å². The minimum absolute atomic E-state index is 0.00924. The fraction of sp³-hybridized carbons (Fsp3) is 0.308. The van der Waals surface area contributed by atoms with E-state index in [2.05, 4.69) is 20.8 Å². The number of carbonyl (C=O) groups excluding carboxylic acids is 1. The van der Waals surface area contributed by atoms with Crippen LogP contribution in [0, 0.1) is 6.92 Å². The monoisotopic (exact) mass is 289 g/mol. The number of aryl methyl sites for hydroxylation is 1. The quantitative estimate of drug-likeness (QED) is 0.825. The summed E-state index contributed by atoms with van der Waals surface area (Å²) in [4.78, 5) is 22.1. The summed E-state index contributed by atoms with van der Waals surface area (Å²) in [6.07, 6.45) is 1.99. The number of carboxylic acid groups (broad SMARTS) is 1. The molecule has 0 aliphatic rings. The minimum atomic E-state index is -0.899. The van der Waals surface area contributed by atoms with E-state index in [9.17, 15) is 9.59 Å². The lowest BCUT2D eigenvalue weighted by Crippen LogP contribution is -2.12. The third-order valence-electron chi connectivity index (χ3n) is 2.87. The van der Waals surface area contributed by atoms with Crippen LogP contribution >= 0.6 is 0 Å². The maximum atomic E-state index is 11.7. The Morgan fingerprint density at radius 3 is 2.76 bits per heavy atom. The molecule has 8 heteroatoms. The summed E-state index contributed by atoms with van der Waals surface area (Å²) in [5.74, 6) is -1.10. The van der Waals surface area contributed by atoms with Crippen LogP contribution in [0.5, 0.6) is 0 Å². The predicted octanol–water partition coefficient (Wildman–Crippen LogP) is 1.16. The molecule has 110 valence electrons. The predicted molar refractivity (Wildman–Crippen MR) is 74.0 cm³/mol. The fourth-order valence-electron chi connectivity index (χ4n) is 1.89. The molecule has 0 atom stereocenters. The van der Waals surface area contributed by atoms with Crippen molar-refractivity contribution in [3.63, 3.8) is 0 Å². The molecule has 0 saturated heterocycles. The molecular formula is C13H15N5O3. The molecule has 1 amide bonds. The zero-order chi connectivity index (χ0) is 15.2. The summed E-state index contributed by atoms with van der Waals surface area (Å²) in [6, 6.07) is 5.36. The largest absolute Gasteiger partial charge is 0.481 e. The Bertz CT molecular complexity index is 639. The number of aromatic nitrogens is 4. The molecule has 0 fully saturated rings. The smallest absolute Gasteiger partial charge is 0.303 e. The highest BCUT2D eigenvalue weighted by Gasteiger charge is 2.07. The molecule has 0 aliphatic carbocycles. The summed E-state index contributed by atoms with van der Waals surface area (Å²) in [5, 5.41) is 22.2. The summed E-state index contributed by atoms with van der Waals surface area (Å²) in [5.41, 5.74) is 2.39. The Morgan fingerprint density at radius 2 is 2.14 bits per heavy atom. The van der Waals surface area contributed by atoms with Gasteiger partial charge in [-0.2, -0.15) is 0 Å². The van der Waals surface area contributed by atoms with Crippen molar-refractivity contribution in [3.05, 3.63) is 30.1 Å². The molecule has 1 aromatic heterocycles. The number of nitrogens with one attached hydrogen (secondary N) is 1. The van der Waals surface area contributed by atoms with Crippen molar-refractivity contribution in [2.75, 3.05) is 5.32 Å². The minimum Gasteiger partial charge on any atom is -0.481 e. The van der Waals surface area contributed by atoms with E-state index in [1.807, 2.05) is 13.0 Å². The van der Waals surface area contributed by atoms with Gasteiger partial charge in [0.2, 0.25) is 5.91 Å². The second kappa shape index (κ2) is 6.60. The van der Waals surface area contributed by atoms with Gasteiger partial charge in [-0.05, 0) is 47.5 Å². The molecule has 0 unspecified atom stereocenters. The number of amides is 1. The van der Waals surface area contributed by atoms with E-state index >= 15 is 0 Å². The average molecular weight is 289 g/mol. The van der Waals surface area contributed by atoms with Gasteiger partial charge in [-0.1, -0.05) is 0 Å². The summed E-state index contributed by atoms with van der Waals surface area (Å²) < 4.78 is 1.54. The van der Waals surface area contributed by atoms with Gasteiger partial charge in [0, 0.05) is 18.5 Å². The fourth-order valence-corrected chi connectivity index (χ4v) is 1.89. The Labute approximate surface area is 120 Å². The first-order valence-electron chi connectivity index (χ1n) is 6.42. The van der Waals surface area contributed by atoms with E-state index < -0.39 is 5.97 Å². The van der Waals surface area contributed by atoms with Crippen molar-refractivity contribution in [2.24, 2.45) is 0 Å². The van der Waals surface area contributed by atoms with E-state index in [0.29, 0.717) is 12.1 Å². The number of hydrogen-bond donors (Lipinski definition) is 2. The Balaban J connectivity index is 1.97. The van der Waals surface area contributed by atoms with Crippen molar-refractivity contribution in [1.29, 1.82) is 0 Å². The lowest BCUT2D eigenvalue weighted by atomic mass is 10.1. The molecule has 2 N–H and O–H groups in total. The average Bonchev–Trinajstić information content (AvgIpc) is 2.92. The molecule has 21 heavy (non-hydrogen) atoms. The van der Waals surface area contributed by atoms with Gasteiger partial charge < -0.3 is 10.4 Å². The van der Waals surface area contributed by atoms with Crippen molar-refractivity contribution >= 4 is 17.6 Å². The van der Waals surface area contributed by atoms with Gasteiger partial charge in [0.15, 0.2) is 0 Å².